The van der Waals surface area contributed by atoms with Gasteiger partial charge in [-0.2, -0.15) is 0 Å². The molecule has 19 heavy (non-hydrogen) atoms. The summed E-state index contributed by atoms with van der Waals surface area (Å²) < 4.78 is 4.68. The highest BCUT2D eigenvalue weighted by atomic mass is 32.2. The van der Waals surface area contributed by atoms with Gasteiger partial charge in [-0.15, -0.1) is 11.3 Å². The second-order valence-corrected chi connectivity index (χ2v) is 6.86. The number of hydrogen-bond donors (Lipinski definition) is 1. The van der Waals surface area contributed by atoms with Crippen molar-refractivity contribution in [3.63, 3.8) is 0 Å². The molecule has 0 saturated heterocycles. The van der Waals surface area contributed by atoms with Gasteiger partial charge in [-0.1, -0.05) is 49.6 Å². The Hall–Kier alpha value is -0.840. The summed E-state index contributed by atoms with van der Waals surface area (Å²) in [6.07, 6.45) is 6.75. The van der Waals surface area contributed by atoms with E-state index in [4.69, 9.17) is 0 Å². The third-order valence-electron chi connectivity index (χ3n) is 3.47. The normalized spacial score (nSPS) is 16.6. The fraction of sp³-hybridized carbons (Fsp3) is 0.400. The van der Waals surface area contributed by atoms with Crippen molar-refractivity contribution in [3.05, 3.63) is 35.7 Å². The van der Waals surface area contributed by atoms with E-state index in [0.29, 0.717) is 6.04 Å². The Morgan fingerprint density at radius 2 is 1.89 bits per heavy atom. The van der Waals surface area contributed by atoms with Gasteiger partial charge in [0.2, 0.25) is 0 Å². The molecule has 0 radical (unpaired) electrons. The van der Waals surface area contributed by atoms with Crippen molar-refractivity contribution >= 4 is 23.3 Å². The van der Waals surface area contributed by atoms with Gasteiger partial charge in [0.25, 0.3) is 0 Å². The maximum absolute atomic E-state index is 4.68. The van der Waals surface area contributed by atoms with Crippen LogP contribution in [0.5, 0.6) is 0 Å². The highest BCUT2D eigenvalue weighted by Gasteiger charge is 2.14. The van der Waals surface area contributed by atoms with Crippen molar-refractivity contribution in [2.45, 2.75) is 42.5 Å². The van der Waals surface area contributed by atoms with E-state index >= 15 is 0 Å². The summed E-state index contributed by atoms with van der Waals surface area (Å²) in [4.78, 5) is 4.68. The summed E-state index contributed by atoms with van der Waals surface area (Å²) >= 11 is 3.42. The van der Waals surface area contributed by atoms with E-state index in [0.717, 1.165) is 10.0 Å². The molecule has 0 aliphatic heterocycles. The second-order valence-electron chi connectivity index (χ2n) is 4.92. The summed E-state index contributed by atoms with van der Waals surface area (Å²) in [5.41, 5.74) is 2.28. The number of nitrogens with zero attached hydrogens (tertiary/aromatic N) is 1. The van der Waals surface area contributed by atoms with Crippen LogP contribution in [0, 0.1) is 0 Å². The largest absolute Gasteiger partial charge is 0.255 e. The molecule has 1 aromatic carbocycles. The second kappa shape index (κ2) is 6.55. The third-order valence-corrected chi connectivity index (χ3v) is 5.36. The zero-order chi connectivity index (χ0) is 12.9. The van der Waals surface area contributed by atoms with Gasteiger partial charge in [0, 0.05) is 17.0 Å². The summed E-state index contributed by atoms with van der Waals surface area (Å²) in [6, 6.07) is 11.0. The van der Waals surface area contributed by atoms with Gasteiger partial charge in [0.05, 0.1) is 5.69 Å². The van der Waals surface area contributed by atoms with Gasteiger partial charge in [-0.25, -0.2) is 4.98 Å². The van der Waals surface area contributed by atoms with Gasteiger partial charge in [-0.05, 0) is 24.8 Å². The first-order chi connectivity index (χ1) is 9.42. The van der Waals surface area contributed by atoms with Crippen LogP contribution in [0.2, 0.25) is 0 Å². The maximum atomic E-state index is 4.68. The number of aromatic nitrogens is 1. The number of hydrogen-bond acceptors (Lipinski definition) is 4. The van der Waals surface area contributed by atoms with Gasteiger partial charge < -0.3 is 0 Å². The SMILES string of the molecule is c1ccc(-c2csc(SNC3CCCCC3)n2)cc1. The van der Waals surface area contributed by atoms with Crippen LogP contribution in [0.25, 0.3) is 11.3 Å². The molecule has 0 atom stereocenters. The Bertz CT molecular complexity index is 504. The van der Waals surface area contributed by atoms with Crippen LogP contribution in [-0.4, -0.2) is 11.0 Å². The summed E-state index contributed by atoms with van der Waals surface area (Å²) in [5.74, 6) is 0. The van der Waals surface area contributed by atoms with Crippen LogP contribution in [0.15, 0.2) is 40.1 Å². The van der Waals surface area contributed by atoms with Crippen molar-refractivity contribution in [2.24, 2.45) is 0 Å². The lowest BCUT2D eigenvalue weighted by molar-refractivity contribution is 0.423. The first kappa shape index (κ1) is 13.2. The number of benzene rings is 1. The van der Waals surface area contributed by atoms with E-state index in [1.165, 1.54) is 37.7 Å². The molecule has 1 aliphatic carbocycles. The summed E-state index contributed by atoms with van der Waals surface area (Å²) in [5, 5.41) is 2.14. The van der Waals surface area contributed by atoms with Crippen LogP contribution < -0.4 is 4.72 Å². The fourth-order valence-corrected chi connectivity index (χ4v) is 4.08. The molecule has 1 aliphatic rings. The van der Waals surface area contributed by atoms with E-state index in [1.807, 2.05) is 6.07 Å². The van der Waals surface area contributed by atoms with Gasteiger partial charge in [-0.3, -0.25) is 4.72 Å². The molecule has 2 aromatic rings. The predicted molar refractivity (Wildman–Crippen MR) is 83.4 cm³/mol. The molecule has 0 amide bonds. The molecule has 2 nitrogen and oxygen atoms in total. The van der Waals surface area contributed by atoms with Gasteiger partial charge >= 0.3 is 0 Å². The van der Waals surface area contributed by atoms with Crippen molar-refractivity contribution < 1.29 is 0 Å². The molecule has 1 heterocycles. The molecule has 4 heteroatoms. The third kappa shape index (κ3) is 3.59. The molecule has 1 saturated carbocycles. The average Bonchev–Trinajstić information content (AvgIpc) is 2.96. The van der Waals surface area contributed by atoms with Gasteiger partial charge in [0.1, 0.15) is 0 Å². The molecule has 1 fully saturated rings. The zero-order valence-electron chi connectivity index (χ0n) is 10.8. The Morgan fingerprint density at radius 3 is 2.68 bits per heavy atom. The standard InChI is InChI=1S/C15H18N2S2/c1-3-7-12(8-4-1)14-11-18-15(16-14)19-17-13-9-5-2-6-10-13/h1,3-4,7-8,11,13,17H,2,5-6,9-10H2. The van der Waals surface area contributed by atoms with E-state index in [-0.39, 0.29) is 0 Å². The molecule has 3 rings (SSSR count). The topological polar surface area (TPSA) is 24.9 Å². The van der Waals surface area contributed by atoms with Crippen LogP contribution in [0.1, 0.15) is 32.1 Å². The van der Waals surface area contributed by atoms with Gasteiger partial charge in [0.15, 0.2) is 4.34 Å². The highest BCUT2D eigenvalue weighted by molar-refractivity contribution is 7.99. The first-order valence-electron chi connectivity index (χ1n) is 6.85. The highest BCUT2D eigenvalue weighted by Crippen LogP contribution is 2.28. The van der Waals surface area contributed by atoms with Crippen molar-refractivity contribution in [2.75, 3.05) is 0 Å². The monoisotopic (exact) mass is 290 g/mol. The molecular formula is C15H18N2S2. The lowest BCUT2D eigenvalue weighted by Gasteiger charge is -2.21. The number of rotatable bonds is 4. The Kier molecular flexibility index (Phi) is 4.53. The molecule has 0 unspecified atom stereocenters. The zero-order valence-corrected chi connectivity index (χ0v) is 12.5. The van der Waals surface area contributed by atoms with Crippen molar-refractivity contribution in [1.82, 2.24) is 9.71 Å². The number of thiazole rings is 1. The minimum atomic E-state index is 0.669. The van der Waals surface area contributed by atoms with Crippen LogP contribution in [0.4, 0.5) is 0 Å². The molecule has 0 bridgehead atoms. The fourth-order valence-electron chi connectivity index (χ4n) is 2.40. The van der Waals surface area contributed by atoms with E-state index in [9.17, 15) is 0 Å². The van der Waals surface area contributed by atoms with Crippen molar-refractivity contribution in [1.29, 1.82) is 0 Å². The van der Waals surface area contributed by atoms with E-state index in [2.05, 4.69) is 39.4 Å². The Balaban J connectivity index is 1.59. The Labute approximate surface area is 122 Å². The lowest BCUT2D eigenvalue weighted by atomic mass is 9.96. The maximum Gasteiger partial charge on any atom is 0.165 e. The quantitative estimate of drug-likeness (QED) is 0.823. The average molecular weight is 290 g/mol. The lowest BCUT2D eigenvalue weighted by Crippen LogP contribution is -2.25. The minimum Gasteiger partial charge on any atom is -0.255 e. The first-order valence-corrected chi connectivity index (χ1v) is 8.55. The summed E-state index contributed by atoms with van der Waals surface area (Å²) in [7, 11) is 0. The van der Waals surface area contributed by atoms with E-state index < -0.39 is 0 Å². The summed E-state index contributed by atoms with van der Waals surface area (Å²) in [6.45, 7) is 0. The van der Waals surface area contributed by atoms with Crippen molar-refractivity contribution in [3.8, 4) is 11.3 Å². The Morgan fingerprint density at radius 1 is 1.11 bits per heavy atom. The molecule has 0 spiro atoms. The van der Waals surface area contributed by atoms with Crippen LogP contribution in [0.3, 0.4) is 0 Å². The smallest absolute Gasteiger partial charge is 0.165 e. The molecule has 1 aromatic heterocycles. The van der Waals surface area contributed by atoms with Crippen LogP contribution in [-0.2, 0) is 0 Å². The molecular weight excluding hydrogens is 272 g/mol. The molecule has 1 N–H and O–H groups in total. The number of nitrogens with one attached hydrogen (secondary N) is 1. The minimum absolute atomic E-state index is 0.669. The molecule has 100 valence electrons. The van der Waals surface area contributed by atoms with Crippen LogP contribution >= 0.6 is 23.3 Å². The van der Waals surface area contributed by atoms with E-state index in [1.54, 1.807) is 23.3 Å². The predicted octanol–water partition coefficient (Wildman–Crippen LogP) is 4.74.